The number of anilines is 1. The van der Waals surface area contributed by atoms with E-state index in [0.717, 1.165) is 21.3 Å². The molecule has 1 heterocycles. The number of carbonyl (C=O) groups excluding carboxylic acids is 2. The summed E-state index contributed by atoms with van der Waals surface area (Å²) in [6.07, 6.45) is 0.767. The number of ketones is 1. The fraction of sp³-hybridized carbons (Fsp3) is 0.353. The second-order valence-corrected chi connectivity index (χ2v) is 9.01. The van der Waals surface area contributed by atoms with Crippen molar-refractivity contribution < 1.29 is 18.0 Å². The van der Waals surface area contributed by atoms with E-state index in [1.807, 2.05) is 13.8 Å². The van der Waals surface area contributed by atoms with Crippen molar-refractivity contribution >= 4 is 38.2 Å². The zero-order valence-electron chi connectivity index (χ0n) is 15.1. The minimum Gasteiger partial charge on any atom is -0.301 e. The summed E-state index contributed by atoms with van der Waals surface area (Å²) in [5.41, 5.74) is 1.34. The number of hydrogen-bond donors (Lipinski definition) is 1. The van der Waals surface area contributed by atoms with E-state index in [0.29, 0.717) is 10.7 Å². The Labute approximate surface area is 157 Å². The molecular weight excluding hydrogens is 374 g/mol. The van der Waals surface area contributed by atoms with Crippen LogP contribution in [-0.4, -0.2) is 43.0 Å². The third-order valence-electron chi connectivity index (χ3n) is 3.81. The van der Waals surface area contributed by atoms with Crippen LogP contribution in [0, 0.1) is 6.92 Å². The average Bonchev–Trinajstić information content (AvgIpc) is 2.93. The maximum Gasteiger partial charge on any atom is 0.243 e. The van der Waals surface area contributed by atoms with Gasteiger partial charge in [-0.15, -0.1) is 11.3 Å². The number of hydrogen-bond acceptors (Lipinski definition) is 6. The largest absolute Gasteiger partial charge is 0.301 e. The molecule has 0 atom stereocenters. The molecule has 1 aromatic heterocycles. The molecule has 0 bridgehead atoms. The van der Waals surface area contributed by atoms with E-state index in [-0.39, 0.29) is 17.2 Å². The van der Waals surface area contributed by atoms with Gasteiger partial charge in [-0.3, -0.25) is 9.59 Å². The van der Waals surface area contributed by atoms with Crippen LogP contribution in [0.25, 0.3) is 0 Å². The molecule has 0 saturated carbocycles. The lowest BCUT2D eigenvalue weighted by molar-refractivity contribution is -0.116. The Kier molecular flexibility index (Phi) is 6.27. The van der Waals surface area contributed by atoms with Crippen molar-refractivity contribution in [2.75, 3.05) is 18.9 Å². The van der Waals surface area contributed by atoms with Crippen LogP contribution in [0.3, 0.4) is 0 Å². The van der Waals surface area contributed by atoms with E-state index in [1.54, 1.807) is 0 Å². The van der Waals surface area contributed by atoms with Crippen molar-refractivity contribution in [2.45, 2.75) is 32.1 Å². The number of sulfonamides is 1. The molecule has 1 amide bonds. The van der Waals surface area contributed by atoms with Crippen molar-refractivity contribution in [3.8, 4) is 0 Å². The fourth-order valence-corrected chi connectivity index (χ4v) is 4.34. The second kappa shape index (κ2) is 8.07. The Balaban J connectivity index is 2.07. The monoisotopic (exact) mass is 395 g/mol. The third-order valence-corrected chi connectivity index (χ3v) is 6.56. The molecule has 0 saturated heterocycles. The molecule has 7 nitrogen and oxygen atoms in total. The van der Waals surface area contributed by atoms with Crippen molar-refractivity contribution in [1.29, 1.82) is 0 Å². The van der Waals surface area contributed by atoms with Gasteiger partial charge in [-0.05, 0) is 32.4 Å². The summed E-state index contributed by atoms with van der Waals surface area (Å²) in [4.78, 5) is 28.8. The molecule has 9 heteroatoms. The molecule has 0 spiro atoms. The van der Waals surface area contributed by atoms with E-state index in [4.69, 9.17) is 0 Å². The molecule has 0 radical (unpaired) electrons. The molecule has 2 aromatic rings. The standard InChI is InChI=1S/C17H21N3O4S2/c1-5-15-12(3)25-17(18-15)19-16(22)10-20(4)26(23,24)14-8-6-13(7-9-14)11(2)21/h6-9H,5,10H2,1-4H3,(H,18,19,22). The normalized spacial score (nSPS) is 11.6. The van der Waals surface area contributed by atoms with Crippen molar-refractivity contribution in [2.24, 2.45) is 0 Å². The van der Waals surface area contributed by atoms with Crippen LogP contribution in [0.5, 0.6) is 0 Å². The van der Waals surface area contributed by atoms with Crippen molar-refractivity contribution in [3.05, 3.63) is 40.4 Å². The minimum absolute atomic E-state index is 0.0242. The molecule has 0 aliphatic carbocycles. The fourth-order valence-electron chi connectivity index (χ4n) is 2.30. The van der Waals surface area contributed by atoms with E-state index in [9.17, 15) is 18.0 Å². The van der Waals surface area contributed by atoms with Crippen LogP contribution in [0.15, 0.2) is 29.2 Å². The van der Waals surface area contributed by atoms with E-state index >= 15 is 0 Å². The Morgan fingerprint density at radius 2 is 1.85 bits per heavy atom. The predicted molar refractivity (Wildman–Crippen MR) is 101 cm³/mol. The average molecular weight is 396 g/mol. The molecule has 0 fully saturated rings. The molecule has 26 heavy (non-hydrogen) atoms. The number of rotatable bonds is 7. The first kappa shape index (κ1) is 20.2. The molecule has 1 N–H and O–H groups in total. The van der Waals surface area contributed by atoms with Crippen molar-refractivity contribution in [3.63, 3.8) is 0 Å². The zero-order chi connectivity index (χ0) is 19.5. The van der Waals surface area contributed by atoms with E-state index in [1.165, 1.54) is 49.6 Å². The molecule has 2 rings (SSSR count). The predicted octanol–water partition coefficient (Wildman–Crippen LogP) is 2.48. The number of thiazole rings is 1. The van der Waals surface area contributed by atoms with Crippen LogP contribution in [0.4, 0.5) is 5.13 Å². The quantitative estimate of drug-likeness (QED) is 0.727. The van der Waals surface area contributed by atoms with Crippen LogP contribution in [-0.2, 0) is 21.2 Å². The van der Waals surface area contributed by atoms with E-state index < -0.39 is 15.9 Å². The van der Waals surface area contributed by atoms with Gasteiger partial charge < -0.3 is 5.32 Å². The summed E-state index contributed by atoms with van der Waals surface area (Å²) >= 11 is 1.36. The Morgan fingerprint density at radius 3 is 2.35 bits per heavy atom. The first-order valence-electron chi connectivity index (χ1n) is 7.98. The zero-order valence-corrected chi connectivity index (χ0v) is 16.7. The molecule has 0 unspecified atom stereocenters. The van der Waals surface area contributed by atoms with Gasteiger partial charge in [0.1, 0.15) is 0 Å². The van der Waals surface area contributed by atoms with Gasteiger partial charge in [0.15, 0.2) is 10.9 Å². The van der Waals surface area contributed by atoms with Gasteiger partial charge in [0.25, 0.3) is 0 Å². The van der Waals surface area contributed by atoms with Crippen LogP contribution >= 0.6 is 11.3 Å². The van der Waals surface area contributed by atoms with E-state index in [2.05, 4.69) is 10.3 Å². The summed E-state index contributed by atoms with van der Waals surface area (Å²) in [5.74, 6) is -0.611. The second-order valence-electron chi connectivity index (χ2n) is 5.77. The molecule has 0 aliphatic rings. The van der Waals surface area contributed by atoms with Gasteiger partial charge in [-0.25, -0.2) is 13.4 Å². The van der Waals surface area contributed by atoms with Gasteiger partial charge in [-0.2, -0.15) is 4.31 Å². The first-order valence-corrected chi connectivity index (χ1v) is 10.2. The molecular formula is C17H21N3O4S2. The summed E-state index contributed by atoms with van der Waals surface area (Å²) in [7, 11) is -2.50. The minimum atomic E-state index is -3.83. The first-order chi connectivity index (χ1) is 12.1. The maximum atomic E-state index is 12.6. The highest BCUT2D eigenvalue weighted by atomic mass is 32.2. The Hall–Kier alpha value is -2.10. The topological polar surface area (TPSA) is 96.4 Å². The maximum absolute atomic E-state index is 12.6. The summed E-state index contributed by atoms with van der Waals surface area (Å²) in [6.45, 7) is 4.97. The highest BCUT2D eigenvalue weighted by molar-refractivity contribution is 7.89. The number of likely N-dealkylation sites (N-methyl/N-ethyl adjacent to an activating group) is 1. The number of nitrogens with zero attached hydrogens (tertiary/aromatic N) is 2. The Bertz CT molecular complexity index is 918. The van der Waals surface area contributed by atoms with Gasteiger partial charge in [-0.1, -0.05) is 19.1 Å². The number of aryl methyl sites for hydroxylation is 2. The van der Waals surface area contributed by atoms with Crippen molar-refractivity contribution in [1.82, 2.24) is 9.29 Å². The highest BCUT2D eigenvalue weighted by Crippen LogP contribution is 2.22. The molecule has 1 aromatic carbocycles. The SMILES string of the molecule is CCc1nc(NC(=O)CN(C)S(=O)(=O)c2ccc(C(C)=O)cc2)sc1C. The molecule has 0 aliphatic heterocycles. The van der Waals surface area contributed by atoms with Crippen LogP contribution in [0.2, 0.25) is 0 Å². The highest BCUT2D eigenvalue weighted by Gasteiger charge is 2.23. The van der Waals surface area contributed by atoms with Gasteiger partial charge in [0.2, 0.25) is 15.9 Å². The molecule has 140 valence electrons. The summed E-state index contributed by atoms with van der Waals surface area (Å²) < 4.78 is 26.1. The number of benzene rings is 1. The number of carbonyl (C=O) groups is 2. The summed E-state index contributed by atoms with van der Waals surface area (Å²) in [6, 6.07) is 5.62. The number of nitrogens with one attached hydrogen (secondary N) is 1. The van der Waals surface area contributed by atoms with Gasteiger partial charge >= 0.3 is 0 Å². The third kappa shape index (κ3) is 4.54. The Morgan fingerprint density at radius 1 is 1.23 bits per heavy atom. The lowest BCUT2D eigenvalue weighted by atomic mass is 10.2. The lowest BCUT2D eigenvalue weighted by Gasteiger charge is -2.16. The summed E-state index contributed by atoms with van der Waals surface area (Å²) in [5, 5.41) is 3.09. The van der Waals surface area contributed by atoms with Crippen LogP contribution < -0.4 is 5.32 Å². The lowest BCUT2D eigenvalue weighted by Crippen LogP contribution is -2.35. The number of aromatic nitrogens is 1. The van der Waals surface area contributed by atoms with Gasteiger partial charge in [0, 0.05) is 17.5 Å². The van der Waals surface area contributed by atoms with Gasteiger partial charge in [0.05, 0.1) is 17.1 Å². The smallest absolute Gasteiger partial charge is 0.243 e. The number of Topliss-reactive ketones (excluding diaryl/α,β-unsaturated/α-hetero) is 1. The number of amides is 1. The van der Waals surface area contributed by atoms with Crippen LogP contribution in [0.1, 0.15) is 34.8 Å².